The van der Waals surface area contributed by atoms with Gasteiger partial charge in [-0.15, -0.1) is 0 Å². The fourth-order valence-electron chi connectivity index (χ4n) is 1.54. The van der Waals surface area contributed by atoms with Crippen LogP contribution in [0.4, 0.5) is 14.5 Å². The van der Waals surface area contributed by atoms with Crippen molar-refractivity contribution in [3.8, 4) is 11.1 Å². The van der Waals surface area contributed by atoms with E-state index in [9.17, 15) is 8.78 Å². The van der Waals surface area contributed by atoms with Crippen LogP contribution in [0.15, 0.2) is 30.6 Å². The number of hydrogen-bond donors (Lipinski definition) is 1. The van der Waals surface area contributed by atoms with E-state index in [0.29, 0.717) is 5.56 Å². The average molecular weight is 220 g/mol. The van der Waals surface area contributed by atoms with Crippen LogP contribution in [0.1, 0.15) is 5.56 Å². The van der Waals surface area contributed by atoms with Gasteiger partial charge in [0.25, 0.3) is 0 Å². The van der Waals surface area contributed by atoms with Gasteiger partial charge in [-0.2, -0.15) is 0 Å². The van der Waals surface area contributed by atoms with Crippen LogP contribution in [0.25, 0.3) is 11.1 Å². The number of aromatic nitrogens is 1. The first-order valence-corrected chi connectivity index (χ1v) is 4.75. The molecule has 0 aliphatic carbocycles. The van der Waals surface area contributed by atoms with E-state index in [-0.39, 0.29) is 11.3 Å². The van der Waals surface area contributed by atoms with Gasteiger partial charge in [0.2, 0.25) is 0 Å². The van der Waals surface area contributed by atoms with E-state index >= 15 is 0 Å². The Morgan fingerprint density at radius 2 is 1.88 bits per heavy atom. The van der Waals surface area contributed by atoms with Crippen LogP contribution in [0.3, 0.4) is 0 Å². The molecular weight excluding hydrogens is 210 g/mol. The summed E-state index contributed by atoms with van der Waals surface area (Å²) in [4.78, 5) is 3.90. The highest BCUT2D eigenvalue weighted by Crippen LogP contribution is 2.28. The predicted molar refractivity (Wildman–Crippen MR) is 58.7 cm³/mol. The van der Waals surface area contributed by atoms with E-state index in [4.69, 9.17) is 5.73 Å². The Labute approximate surface area is 91.7 Å². The summed E-state index contributed by atoms with van der Waals surface area (Å²) in [6, 6.07) is 3.74. The second kappa shape index (κ2) is 3.89. The minimum absolute atomic E-state index is 0.187. The fourth-order valence-corrected chi connectivity index (χ4v) is 1.54. The van der Waals surface area contributed by atoms with Crippen molar-refractivity contribution in [3.05, 3.63) is 47.8 Å². The average Bonchev–Trinajstić information content (AvgIpc) is 2.25. The number of anilines is 1. The Morgan fingerprint density at radius 1 is 1.12 bits per heavy atom. The molecule has 0 aliphatic rings. The molecule has 1 aromatic heterocycles. The number of halogens is 2. The SMILES string of the molecule is Cc1cnccc1-c1cc(F)c(N)cc1F. The molecule has 0 saturated heterocycles. The molecule has 82 valence electrons. The van der Waals surface area contributed by atoms with Gasteiger partial charge in [-0.25, -0.2) is 8.78 Å². The van der Waals surface area contributed by atoms with Crippen LogP contribution in [0, 0.1) is 18.6 Å². The van der Waals surface area contributed by atoms with Crippen molar-refractivity contribution in [2.45, 2.75) is 6.92 Å². The molecule has 16 heavy (non-hydrogen) atoms. The molecule has 2 nitrogen and oxygen atoms in total. The standard InChI is InChI=1S/C12H10F2N2/c1-7-6-16-3-2-8(7)9-4-11(14)12(15)5-10(9)13/h2-6H,15H2,1H3. The first-order chi connectivity index (χ1) is 7.59. The summed E-state index contributed by atoms with van der Waals surface area (Å²) in [5.41, 5.74) is 6.69. The Balaban J connectivity index is 2.65. The first kappa shape index (κ1) is 10.5. The fraction of sp³-hybridized carbons (Fsp3) is 0.0833. The normalized spacial score (nSPS) is 10.4. The third kappa shape index (κ3) is 1.74. The van der Waals surface area contributed by atoms with E-state index in [0.717, 1.165) is 17.7 Å². The highest BCUT2D eigenvalue weighted by molar-refractivity contribution is 5.69. The highest BCUT2D eigenvalue weighted by atomic mass is 19.1. The number of nitrogens with zero attached hydrogens (tertiary/aromatic N) is 1. The first-order valence-electron chi connectivity index (χ1n) is 4.75. The molecule has 0 spiro atoms. The highest BCUT2D eigenvalue weighted by Gasteiger charge is 2.11. The van der Waals surface area contributed by atoms with E-state index in [1.165, 1.54) is 6.20 Å². The van der Waals surface area contributed by atoms with Crippen molar-refractivity contribution in [2.75, 3.05) is 5.73 Å². The molecule has 0 bridgehead atoms. The molecule has 0 atom stereocenters. The van der Waals surface area contributed by atoms with Gasteiger partial charge in [-0.05, 0) is 30.2 Å². The summed E-state index contributed by atoms with van der Waals surface area (Å²) < 4.78 is 26.9. The summed E-state index contributed by atoms with van der Waals surface area (Å²) in [6.45, 7) is 1.79. The monoisotopic (exact) mass is 220 g/mol. The van der Waals surface area contributed by atoms with Gasteiger partial charge in [-0.1, -0.05) is 0 Å². The summed E-state index contributed by atoms with van der Waals surface area (Å²) in [7, 11) is 0. The molecule has 4 heteroatoms. The third-order valence-corrected chi connectivity index (χ3v) is 2.40. The Morgan fingerprint density at radius 3 is 2.56 bits per heavy atom. The van der Waals surface area contributed by atoms with Crippen molar-refractivity contribution in [3.63, 3.8) is 0 Å². The van der Waals surface area contributed by atoms with Crippen LogP contribution in [-0.2, 0) is 0 Å². The molecule has 0 saturated carbocycles. The molecule has 0 radical (unpaired) electrons. The predicted octanol–water partition coefficient (Wildman–Crippen LogP) is 2.92. The van der Waals surface area contributed by atoms with Crippen molar-refractivity contribution < 1.29 is 8.78 Å². The number of nitrogen functional groups attached to an aromatic ring is 1. The second-order valence-corrected chi connectivity index (χ2v) is 3.54. The minimum atomic E-state index is -0.618. The lowest BCUT2D eigenvalue weighted by atomic mass is 10.0. The molecule has 1 heterocycles. The van der Waals surface area contributed by atoms with Crippen molar-refractivity contribution in [1.29, 1.82) is 0 Å². The van der Waals surface area contributed by atoms with Gasteiger partial charge < -0.3 is 5.73 Å². The summed E-state index contributed by atoms with van der Waals surface area (Å²) in [5, 5.41) is 0. The molecule has 2 aromatic rings. The van der Waals surface area contributed by atoms with Gasteiger partial charge >= 0.3 is 0 Å². The van der Waals surface area contributed by atoms with Gasteiger partial charge in [-0.3, -0.25) is 4.98 Å². The van der Waals surface area contributed by atoms with E-state index in [1.54, 1.807) is 19.2 Å². The molecular formula is C12H10F2N2. The van der Waals surface area contributed by atoms with Crippen molar-refractivity contribution >= 4 is 5.69 Å². The van der Waals surface area contributed by atoms with E-state index in [1.807, 2.05) is 0 Å². The zero-order chi connectivity index (χ0) is 11.7. The molecule has 2 rings (SSSR count). The molecule has 1 aromatic carbocycles. The number of rotatable bonds is 1. The maximum Gasteiger partial charge on any atom is 0.146 e. The maximum absolute atomic E-state index is 13.6. The second-order valence-electron chi connectivity index (χ2n) is 3.54. The van der Waals surface area contributed by atoms with Crippen molar-refractivity contribution in [1.82, 2.24) is 4.98 Å². The van der Waals surface area contributed by atoms with Crippen LogP contribution in [0.5, 0.6) is 0 Å². The van der Waals surface area contributed by atoms with E-state index in [2.05, 4.69) is 4.98 Å². The summed E-state index contributed by atoms with van der Waals surface area (Å²) in [6.07, 6.45) is 3.14. The largest absolute Gasteiger partial charge is 0.396 e. The zero-order valence-electron chi connectivity index (χ0n) is 8.67. The van der Waals surface area contributed by atoms with Crippen LogP contribution in [-0.4, -0.2) is 4.98 Å². The van der Waals surface area contributed by atoms with E-state index < -0.39 is 11.6 Å². The lowest BCUT2D eigenvalue weighted by molar-refractivity contribution is 0.607. The van der Waals surface area contributed by atoms with Gasteiger partial charge in [0.05, 0.1) is 5.69 Å². The number of hydrogen-bond acceptors (Lipinski definition) is 2. The number of aryl methyl sites for hydroxylation is 1. The molecule has 2 N–H and O–H groups in total. The number of pyridine rings is 1. The van der Waals surface area contributed by atoms with Gasteiger partial charge in [0, 0.05) is 24.0 Å². The van der Waals surface area contributed by atoms with Crippen LogP contribution >= 0.6 is 0 Å². The summed E-state index contributed by atoms with van der Waals surface area (Å²) >= 11 is 0. The zero-order valence-corrected chi connectivity index (χ0v) is 8.67. The molecule has 0 fully saturated rings. The Bertz CT molecular complexity index is 539. The van der Waals surface area contributed by atoms with Gasteiger partial charge in [0.1, 0.15) is 11.6 Å². The lowest BCUT2D eigenvalue weighted by Crippen LogP contribution is -1.95. The molecule has 0 aliphatic heterocycles. The molecule has 0 amide bonds. The number of nitrogens with two attached hydrogens (primary N) is 1. The van der Waals surface area contributed by atoms with Crippen LogP contribution in [0.2, 0.25) is 0 Å². The van der Waals surface area contributed by atoms with Gasteiger partial charge in [0.15, 0.2) is 0 Å². The minimum Gasteiger partial charge on any atom is -0.396 e. The smallest absolute Gasteiger partial charge is 0.146 e. The van der Waals surface area contributed by atoms with Crippen LogP contribution < -0.4 is 5.73 Å². The third-order valence-electron chi connectivity index (χ3n) is 2.40. The van der Waals surface area contributed by atoms with Crippen molar-refractivity contribution in [2.24, 2.45) is 0 Å². The lowest BCUT2D eigenvalue weighted by Gasteiger charge is -2.07. The maximum atomic E-state index is 13.6. The summed E-state index contributed by atoms with van der Waals surface area (Å²) in [5.74, 6) is -1.15. The Hall–Kier alpha value is -1.97. The molecule has 0 unspecified atom stereocenters. The quantitative estimate of drug-likeness (QED) is 0.750. The topological polar surface area (TPSA) is 38.9 Å². The Kier molecular flexibility index (Phi) is 2.56. The number of benzene rings is 1.